The molecule has 0 bridgehead atoms. The van der Waals surface area contributed by atoms with Gasteiger partial charge < -0.3 is 10.0 Å². The summed E-state index contributed by atoms with van der Waals surface area (Å²) in [7, 11) is 0. The smallest absolute Gasteiger partial charge is 0.146 e. The van der Waals surface area contributed by atoms with Crippen molar-refractivity contribution < 1.29 is 9.50 Å². The molecule has 19 heavy (non-hydrogen) atoms. The van der Waals surface area contributed by atoms with Crippen LogP contribution >= 0.6 is 0 Å². The van der Waals surface area contributed by atoms with Gasteiger partial charge in [-0.15, -0.1) is 0 Å². The van der Waals surface area contributed by atoms with Crippen molar-refractivity contribution in [2.24, 2.45) is 0 Å². The third-order valence-corrected chi connectivity index (χ3v) is 4.34. The van der Waals surface area contributed by atoms with Crippen molar-refractivity contribution in [2.75, 3.05) is 31.1 Å². The fourth-order valence-electron chi connectivity index (χ4n) is 3.33. The lowest BCUT2D eigenvalue weighted by Crippen LogP contribution is -2.36. The van der Waals surface area contributed by atoms with E-state index in [-0.39, 0.29) is 12.4 Å². The Morgan fingerprint density at radius 3 is 2.84 bits per heavy atom. The predicted octanol–water partition coefficient (Wildman–Crippen LogP) is 1.99. The highest BCUT2D eigenvalue weighted by atomic mass is 19.1. The minimum atomic E-state index is -0.210. The molecule has 1 aromatic rings. The molecule has 3 rings (SSSR count). The number of halogens is 1. The van der Waals surface area contributed by atoms with Gasteiger partial charge in [-0.25, -0.2) is 4.39 Å². The number of aliphatic hydroxyl groups is 1. The summed E-state index contributed by atoms with van der Waals surface area (Å²) in [6.45, 7) is 4.08. The molecular formula is C15H21FN2O. The van der Waals surface area contributed by atoms with Gasteiger partial charge in [0, 0.05) is 25.7 Å². The minimum Gasteiger partial charge on any atom is -0.392 e. The number of rotatable bonds is 2. The second-order valence-corrected chi connectivity index (χ2v) is 5.58. The summed E-state index contributed by atoms with van der Waals surface area (Å²) < 4.78 is 14.1. The molecule has 0 radical (unpaired) electrons. The Hall–Kier alpha value is -1.13. The zero-order chi connectivity index (χ0) is 13.2. The maximum absolute atomic E-state index is 14.1. The molecule has 104 valence electrons. The van der Waals surface area contributed by atoms with Crippen LogP contribution in [0.3, 0.4) is 0 Å². The molecule has 0 spiro atoms. The van der Waals surface area contributed by atoms with E-state index in [1.807, 2.05) is 12.1 Å². The van der Waals surface area contributed by atoms with E-state index in [1.165, 1.54) is 25.5 Å². The molecule has 1 atom stereocenters. The van der Waals surface area contributed by atoms with Crippen LogP contribution in [0.5, 0.6) is 0 Å². The number of hydrogen-bond acceptors (Lipinski definition) is 3. The van der Waals surface area contributed by atoms with Crippen molar-refractivity contribution >= 4 is 5.69 Å². The average molecular weight is 264 g/mol. The normalized spacial score (nSPS) is 24.3. The van der Waals surface area contributed by atoms with Crippen molar-refractivity contribution in [2.45, 2.75) is 31.9 Å². The van der Waals surface area contributed by atoms with E-state index in [1.54, 1.807) is 0 Å². The summed E-state index contributed by atoms with van der Waals surface area (Å²) in [4.78, 5) is 4.71. The van der Waals surface area contributed by atoms with Gasteiger partial charge in [0.05, 0.1) is 12.3 Å². The van der Waals surface area contributed by atoms with Crippen LogP contribution in [0, 0.1) is 5.82 Å². The van der Waals surface area contributed by atoms with Crippen LogP contribution in [0.25, 0.3) is 0 Å². The largest absolute Gasteiger partial charge is 0.392 e. The number of nitrogens with zero attached hydrogens (tertiary/aromatic N) is 2. The van der Waals surface area contributed by atoms with E-state index in [9.17, 15) is 4.39 Å². The van der Waals surface area contributed by atoms with Crippen molar-refractivity contribution in [3.8, 4) is 0 Å². The first-order valence-corrected chi connectivity index (χ1v) is 7.16. The van der Waals surface area contributed by atoms with Crippen LogP contribution in [0.1, 0.15) is 24.8 Å². The van der Waals surface area contributed by atoms with Crippen LogP contribution in [0.4, 0.5) is 10.1 Å². The molecule has 1 aromatic carbocycles. The van der Waals surface area contributed by atoms with E-state index in [4.69, 9.17) is 5.11 Å². The fraction of sp³-hybridized carbons (Fsp3) is 0.600. The van der Waals surface area contributed by atoms with E-state index >= 15 is 0 Å². The molecule has 0 aliphatic carbocycles. The van der Waals surface area contributed by atoms with E-state index in [2.05, 4.69) is 9.80 Å². The van der Waals surface area contributed by atoms with Gasteiger partial charge in [-0.05, 0) is 43.5 Å². The SMILES string of the molecule is OCc1ccc(N2CCCN3CCCC3C2)c(F)c1. The quantitative estimate of drug-likeness (QED) is 0.885. The molecule has 4 heteroatoms. The lowest BCUT2D eigenvalue weighted by Gasteiger charge is -2.27. The summed E-state index contributed by atoms with van der Waals surface area (Å²) in [5.41, 5.74) is 1.32. The number of hydrogen-bond donors (Lipinski definition) is 1. The highest BCUT2D eigenvalue weighted by Gasteiger charge is 2.29. The van der Waals surface area contributed by atoms with Crippen LogP contribution < -0.4 is 4.90 Å². The molecular weight excluding hydrogens is 243 g/mol. The molecule has 0 saturated carbocycles. The Bertz CT molecular complexity index is 452. The van der Waals surface area contributed by atoms with Gasteiger partial charge in [0.15, 0.2) is 0 Å². The molecule has 1 N–H and O–H groups in total. The van der Waals surface area contributed by atoms with Gasteiger partial charge in [0.1, 0.15) is 5.82 Å². The Balaban J connectivity index is 1.80. The Labute approximate surface area is 113 Å². The third kappa shape index (κ3) is 2.60. The third-order valence-electron chi connectivity index (χ3n) is 4.34. The highest BCUT2D eigenvalue weighted by molar-refractivity contribution is 5.49. The Morgan fingerprint density at radius 2 is 2.05 bits per heavy atom. The van der Waals surface area contributed by atoms with Crippen molar-refractivity contribution in [3.05, 3.63) is 29.6 Å². The van der Waals surface area contributed by atoms with Crippen LogP contribution in [-0.2, 0) is 6.61 Å². The molecule has 2 heterocycles. The van der Waals surface area contributed by atoms with E-state index in [0.717, 1.165) is 26.1 Å². The molecule has 2 aliphatic rings. The van der Waals surface area contributed by atoms with Gasteiger partial charge in [-0.1, -0.05) is 6.07 Å². The molecule has 2 aliphatic heterocycles. The Morgan fingerprint density at radius 1 is 1.21 bits per heavy atom. The van der Waals surface area contributed by atoms with Crippen LogP contribution in [0.2, 0.25) is 0 Å². The standard InChI is InChI=1S/C15H21FN2O/c16-14-9-12(11-19)4-5-15(14)18-8-2-7-17-6-1-3-13(17)10-18/h4-5,9,13,19H,1-3,6-8,10-11H2. The fourth-order valence-corrected chi connectivity index (χ4v) is 3.33. The summed E-state index contributed by atoms with van der Waals surface area (Å²) in [6.07, 6.45) is 3.59. The van der Waals surface area contributed by atoms with Crippen LogP contribution in [-0.4, -0.2) is 42.2 Å². The monoisotopic (exact) mass is 264 g/mol. The number of benzene rings is 1. The molecule has 0 aromatic heterocycles. The van der Waals surface area contributed by atoms with Crippen molar-refractivity contribution in [1.82, 2.24) is 4.90 Å². The number of fused-ring (bicyclic) bond motifs is 1. The maximum atomic E-state index is 14.1. The first-order chi connectivity index (χ1) is 9.28. The molecule has 1 unspecified atom stereocenters. The molecule has 3 nitrogen and oxygen atoms in total. The Kier molecular flexibility index (Phi) is 3.71. The number of anilines is 1. The van der Waals surface area contributed by atoms with E-state index in [0.29, 0.717) is 17.3 Å². The zero-order valence-electron chi connectivity index (χ0n) is 11.2. The van der Waals surface area contributed by atoms with Gasteiger partial charge in [-0.2, -0.15) is 0 Å². The zero-order valence-corrected chi connectivity index (χ0v) is 11.2. The average Bonchev–Trinajstić information content (AvgIpc) is 2.76. The van der Waals surface area contributed by atoms with Gasteiger partial charge in [0.2, 0.25) is 0 Å². The van der Waals surface area contributed by atoms with Crippen LogP contribution in [0.15, 0.2) is 18.2 Å². The number of aliphatic hydroxyl groups excluding tert-OH is 1. The van der Waals surface area contributed by atoms with E-state index < -0.39 is 0 Å². The van der Waals surface area contributed by atoms with Gasteiger partial charge in [-0.3, -0.25) is 4.90 Å². The van der Waals surface area contributed by atoms with Crippen molar-refractivity contribution in [1.29, 1.82) is 0 Å². The second-order valence-electron chi connectivity index (χ2n) is 5.58. The summed E-state index contributed by atoms with van der Waals surface area (Å²) >= 11 is 0. The first-order valence-electron chi connectivity index (χ1n) is 7.16. The second kappa shape index (κ2) is 5.47. The topological polar surface area (TPSA) is 26.7 Å². The first kappa shape index (κ1) is 12.9. The summed E-state index contributed by atoms with van der Waals surface area (Å²) in [5.74, 6) is -0.210. The van der Waals surface area contributed by atoms with Gasteiger partial charge >= 0.3 is 0 Å². The lowest BCUT2D eigenvalue weighted by molar-refractivity contribution is 0.273. The summed E-state index contributed by atoms with van der Waals surface area (Å²) in [6, 6.07) is 5.66. The molecule has 0 amide bonds. The predicted molar refractivity (Wildman–Crippen MR) is 73.7 cm³/mol. The van der Waals surface area contributed by atoms with Crippen molar-refractivity contribution in [3.63, 3.8) is 0 Å². The minimum absolute atomic E-state index is 0.104. The lowest BCUT2D eigenvalue weighted by atomic mass is 10.1. The van der Waals surface area contributed by atoms with Gasteiger partial charge in [0.25, 0.3) is 0 Å². The maximum Gasteiger partial charge on any atom is 0.146 e. The highest BCUT2D eigenvalue weighted by Crippen LogP contribution is 2.27. The summed E-state index contributed by atoms with van der Waals surface area (Å²) in [5, 5.41) is 9.04. The molecule has 2 saturated heterocycles. The molecule has 2 fully saturated rings.